The molecule has 2 rings (SSSR count). The minimum Gasteiger partial charge on any atom is -0.496 e. The lowest BCUT2D eigenvalue weighted by Crippen LogP contribution is -2.15. The molecule has 2 aromatic rings. The number of para-hydroxylation sites is 1. The minimum absolute atomic E-state index is 0.0602. The van der Waals surface area contributed by atoms with E-state index < -0.39 is 0 Å². The predicted molar refractivity (Wildman–Crippen MR) is 72.6 cm³/mol. The Morgan fingerprint density at radius 3 is 2.78 bits per heavy atom. The van der Waals surface area contributed by atoms with Crippen LogP contribution in [0.2, 0.25) is 0 Å². The van der Waals surface area contributed by atoms with Crippen molar-refractivity contribution in [2.75, 3.05) is 7.11 Å². The molecule has 3 heteroatoms. The summed E-state index contributed by atoms with van der Waals surface area (Å²) in [6, 6.07) is 9.89. The Balaban J connectivity index is 2.21. The smallest absolute Gasteiger partial charge is 0.122 e. The van der Waals surface area contributed by atoms with E-state index in [1.807, 2.05) is 36.5 Å². The number of hydrogen-bond donors (Lipinski definition) is 1. The zero-order valence-corrected chi connectivity index (χ0v) is 10.8. The fourth-order valence-electron chi connectivity index (χ4n) is 2.08. The van der Waals surface area contributed by atoms with E-state index >= 15 is 0 Å². The molecule has 1 unspecified atom stereocenters. The molecule has 0 aliphatic carbocycles. The van der Waals surface area contributed by atoms with Crippen LogP contribution in [0.3, 0.4) is 0 Å². The first-order chi connectivity index (χ1) is 8.72. The van der Waals surface area contributed by atoms with Gasteiger partial charge < -0.3 is 10.5 Å². The Kier molecular flexibility index (Phi) is 3.95. The number of benzene rings is 1. The standard InChI is InChI=1S/C15H18N2O/c1-11-7-8-17-10-13(11)14(16)9-12-5-3-4-6-15(12)18-2/h3-8,10,14H,9,16H2,1-2H3. The van der Waals surface area contributed by atoms with Gasteiger partial charge in [0.25, 0.3) is 0 Å². The second kappa shape index (κ2) is 5.65. The van der Waals surface area contributed by atoms with Crippen LogP contribution in [-0.2, 0) is 6.42 Å². The number of aryl methyl sites for hydroxylation is 1. The molecule has 0 radical (unpaired) electrons. The predicted octanol–water partition coefficient (Wildman–Crippen LogP) is 2.64. The fourth-order valence-corrected chi connectivity index (χ4v) is 2.08. The maximum Gasteiger partial charge on any atom is 0.122 e. The zero-order chi connectivity index (χ0) is 13.0. The summed E-state index contributed by atoms with van der Waals surface area (Å²) in [5, 5.41) is 0. The Hall–Kier alpha value is -1.87. The third kappa shape index (κ3) is 2.68. The van der Waals surface area contributed by atoms with Crippen molar-refractivity contribution in [3.05, 3.63) is 59.4 Å². The summed E-state index contributed by atoms with van der Waals surface area (Å²) in [5.41, 5.74) is 9.64. The minimum atomic E-state index is -0.0602. The number of aromatic nitrogens is 1. The van der Waals surface area contributed by atoms with E-state index in [2.05, 4.69) is 11.9 Å². The second-order valence-corrected chi connectivity index (χ2v) is 4.35. The maximum absolute atomic E-state index is 6.26. The monoisotopic (exact) mass is 242 g/mol. The van der Waals surface area contributed by atoms with Gasteiger partial charge in [-0.05, 0) is 42.2 Å². The highest BCUT2D eigenvalue weighted by atomic mass is 16.5. The van der Waals surface area contributed by atoms with Crippen LogP contribution in [-0.4, -0.2) is 12.1 Å². The van der Waals surface area contributed by atoms with Gasteiger partial charge in [0.2, 0.25) is 0 Å². The van der Waals surface area contributed by atoms with Crippen LogP contribution < -0.4 is 10.5 Å². The molecule has 0 saturated carbocycles. The van der Waals surface area contributed by atoms with Gasteiger partial charge in [0, 0.05) is 18.4 Å². The number of hydrogen-bond acceptors (Lipinski definition) is 3. The van der Waals surface area contributed by atoms with Crippen LogP contribution in [0.5, 0.6) is 5.75 Å². The lowest BCUT2D eigenvalue weighted by atomic mass is 9.97. The number of pyridine rings is 1. The topological polar surface area (TPSA) is 48.1 Å². The number of ether oxygens (including phenoxy) is 1. The zero-order valence-electron chi connectivity index (χ0n) is 10.8. The van der Waals surface area contributed by atoms with Crippen LogP contribution in [0.1, 0.15) is 22.7 Å². The molecule has 94 valence electrons. The maximum atomic E-state index is 6.26. The molecule has 1 heterocycles. The second-order valence-electron chi connectivity index (χ2n) is 4.35. The molecule has 0 saturated heterocycles. The molecule has 0 amide bonds. The van der Waals surface area contributed by atoms with Gasteiger partial charge in [-0.1, -0.05) is 18.2 Å². The van der Waals surface area contributed by atoms with Crippen molar-refractivity contribution in [2.24, 2.45) is 5.73 Å². The number of rotatable bonds is 4. The molecule has 0 spiro atoms. The highest BCUT2D eigenvalue weighted by Crippen LogP contribution is 2.24. The van der Waals surface area contributed by atoms with E-state index in [1.165, 1.54) is 5.56 Å². The van der Waals surface area contributed by atoms with Gasteiger partial charge >= 0.3 is 0 Å². The van der Waals surface area contributed by atoms with E-state index in [0.717, 1.165) is 23.3 Å². The third-order valence-corrected chi connectivity index (χ3v) is 3.11. The lowest BCUT2D eigenvalue weighted by molar-refractivity contribution is 0.408. The van der Waals surface area contributed by atoms with E-state index in [-0.39, 0.29) is 6.04 Å². The van der Waals surface area contributed by atoms with Crippen LogP contribution in [0.15, 0.2) is 42.7 Å². The van der Waals surface area contributed by atoms with Gasteiger partial charge in [0.05, 0.1) is 7.11 Å². The first-order valence-electron chi connectivity index (χ1n) is 6.00. The van der Waals surface area contributed by atoms with E-state index in [1.54, 1.807) is 13.3 Å². The summed E-state index contributed by atoms with van der Waals surface area (Å²) in [5.74, 6) is 0.884. The van der Waals surface area contributed by atoms with Gasteiger partial charge in [-0.15, -0.1) is 0 Å². The molecule has 0 bridgehead atoms. The molecule has 1 aromatic carbocycles. The van der Waals surface area contributed by atoms with Crippen molar-refractivity contribution >= 4 is 0 Å². The first kappa shape index (κ1) is 12.6. The molecule has 0 aliphatic heterocycles. The Morgan fingerprint density at radius 2 is 2.06 bits per heavy atom. The molecule has 1 aromatic heterocycles. The molecule has 0 aliphatic rings. The van der Waals surface area contributed by atoms with Crippen LogP contribution in [0.25, 0.3) is 0 Å². The summed E-state index contributed by atoms with van der Waals surface area (Å²) < 4.78 is 5.34. The molecule has 0 fully saturated rings. The van der Waals surface area contributed by atoms with E-state index in [4.69, 9.17) is 10.5 Å². The van der Waals surface area contributed by atoms with Crippen molar-refractivity contribution in [2.45, 2.75) is 19.4 Å². The fraction of sp³-hybridized carbons (Fsp3) is 0.267. The largest absolute Gasteiger partial charge is 0.496 e. The Morgan fingerprint density at radius 1 is 1.28 bits per heavy atom. The molecule has 2 N–H and O–H groups in total. The van der Waals surface area contributed by atoms with Crippen molar-refractivity contribution in [3.8, 4) is 5.75 Å². The quantitative estimate of drug-likeness (QED) is 0.896. The normalized spacial score (nSPS) is 12.2. The van der Waals surface area contributed by atoms with Crippen molar-refractivity contribution < 1.29 is 4.74 Å². The summed E-state index contributed by atoms with van der Waals surface area (Å²) in [4.78, 5) is 4.14. The highest BCUT2D eigenvalue weighted by Gasteiger charge is 2.12. The lowest BCUT2D eigenvalue weighted by Gasteiger charge is -2.16. The van der Waals surface area contributed by atoms with Gasteiger partial charge in [-0.25, -0.2) is 0 Å². The van der Waals surface area contributed by atoms with Crippen molar-refractivity contribution in [3.63, 3.8) is 0 Å². The molecular formula is C15H18N2O. The summed E-state index contributed by atoms with van der Waals surface area (Å²) in [6.45, 7) is 2.05. The van der Waals surface area contributed by atoms with Crippen LogP contribution in [0, 0.1) is 6.92 Å². The summed E-state index contributed by atoms with van der Waals surface area (Å²) in [7, 11) is 1.68. The van der Waals surface area contributed by atoms with Crippen molar-refractivity contribution in [1.29, 1.82) is 0 Å². The van der Waals surface area contributed by atoms with E-state index in [9.17, 15) is 0 Å². The molecular weight excluding hydrogens is 224 g/mol. The average Bonchev–Trinajstić information content (AvgIpc) is 2.39. The number of nitrogens with zero attached hydrogens (tertiary/aromatic N) is 1. The Labute approximate surface area is 108 Å². The molecule has 18 heavy (non-hydrogen) atoms. The Bertz CT molecular complexity index is 525. The SMILES string of the molecule is COc1ccccc1CC(N)c1cnccc1C. The number of methoxy groups -OCH3 is 1. The van der Waals surface area contributed by atoms with E-state index in [0.29, 0.717) is 0 Å². The summed E-state index contributed by atoms with van der Waals surface area (Å²) in [6.07, 6.45) is 4.38. The molecule has 1 atom stereocenters. The highest BCUT2D eigenvalue weighted by molar-refractivity contribution is 5.35. The molecule has 3 nitrogen and oxygen atoms in total. The first-order valence-corrected chi connectivity index (χ1v) is 6.00. The summed E-state index contributed by atoms with van der Waals surface area (Å²) >= 11 is 0. The van der Waals surface area contributed by atoms with Gasteiger partial charge in [0.15, 0.2) is 0 Å². The van der Waals surface area contributed by atoms with Crippen molar-refractivity contribution in [1.82, 2.24) is 4.98 Å². The van der Waals surface area contributed by atoms with Gasteiger partial charge in [0.1, 0.15) is 5.75 Å². The van der Waals surface area contributed by atoms with Crippen LogP contribution in [0.4, 0.5) is 0 Å². The van der Waals surface area contributed by atoms with Crippen LogP contribution >= 0.6 is 0 Å². The van der Waals surface area contributed by atoms with Gasteiger partial charge in [-0.3, -0.25) is 4.98 Å². The third-order valence-electron chi connectivity index (χ3n) is 3.11. The average molecular weight is 242 g/mol. The van der Waals surface area contributed by atoms with Gasteiger partial charge in [-0.2, -0.15) is 0 Å². The number of nitrogens with two attached hydrogens (primary N) is 1.